The number of benzene rings is 1. The van der Waals surface area contributed by atoms with Gasteiger partial charge in [0.25, 0.3) is 0 Å². The first-order valence-corrected chi connectivity index (χ1v) is 5.78. The number of halogens is 6. The summed E-state index contributed by atoms with van der Waals surface area (Å²) in [4.78, 5) is 3.22. The lowest BCUT2D eigenvalue weighted by Crippen LogP contribution is -2.07. The van der Waals surface area contributed by atoms with Crippen molar-refractivity contribution in [2.24, 2.45) is 0 Å². The summed E-state index contributed by atoms with van der Waals surface area (Å²) in [7, 11) is 0. The van der Waals surface area contributed by atoms with E-state index in [2.05, 4.69) is 4.98 Å². The standard InChI is InChI=1S/C14H6F6N2/c15-13(16,17)10-2-3-11(9(5-10)6-21)8-1-4-12(22-7-8)14(18,19)20/h1-5,7H. The van der Waals surface area contributed by atoms with Gasteiger partial charge in [-0.2, -0.15) is 31.6 Å². The summed E-state index contributed by atoms with van der Waals surface area (Å²) < 4.78 is 75.0. The number of nitriles is 1. The number of rotatable bonds is 1. The maximum atomic E-state index is 12.6. The van der Waals surface area contributed by atoms with Gasteiger partial charge in [-0.15, -0.1) is 0 Å². The van der Waals surface area contributed by atoms with E-state index < -0.39 is 23.6 Å². The summed E-state index contributed by atoms with van der Waals surface area (Å²) in [5, 5.41) is 8.94. The van der Waals surface area contributed by atoms with Crippen LogP contribution in [-0.2, 0) is 12.4 Å². The minimum atomic E-state index is -4.61. The molecular formula is C14H6F6N2. The minimum Gasteiger partial charge on any atom is -0.251 e. The second-order valence-corrected chi connectivity index (χ2v) is 4.30. The fraction of sp³-hybridized carbons (Fsp3) is 0.143. The summed E-state index contributed by atoms with van der Waals surface area (Å²) in [6, 6.07) is 5.80. The number of alkyl halides is 6. The SMILES string of the molecule is N#Cc1cc(C(F)(F)F)ccc1-c1ccc(C(F)(F)F)nc1. The molecule has 22 heavy (non-hydrogen) atoms. The van der Waals surface area contributed by atoms with E-state index in [0.29, 0.717) is 12.1 Å². The Labute approximate surface area is 120 Å². The summed E-state index contributed by atoms with van der Waals surface area (Å²) in [5.74, 6) is 0. The largest absolute Gasteiger partial charge is 0.433 e. The first-order chi connectivity index (χ1) is 10.1. The Morgan fingerprint density at radius 2 is 1.59 bits per heavy atom. The quantitative estimate of drug-likeness (QED) is 0.718. The molecule has 1 aromatic heterocycles. The van der Waals surface area contributed by atoms with Crippen LogP contribution < -0.4 is 0 Å². The van der Waals surface area contributed by atoms with Crippen LogP contribution in [0.2, 0.25) is 0 Å². The second-order valence-electron chi connectivity index (χ2n) is 4.30. The number of nitrogens with zero attached hydrogens (tertiary/aromatic N) is 2. The van der Waals surface area contributed by atoms with Gasteiger partial charge in [-0.25, -0.2) is 0 Å². The van der Waals surface area contributed by atoms with Crippen molar-refractivity contribution < 1.29 is 26.3 Å². The summed E-state index contributed by atoms with van der Waals surface area (Å²) in [6.07, 6.45) is -8.36. The van der Waals surface area contributed by atoms with Gasteiger partial charge in [-0.3, -0.25) is 4.98 Å². The lowest BCUT2D eigenvalue weighted by atomic mass is 9.99. The molecule has 0 aliphatic carbocycles. The van der Waals surface area contributed by atoms with Crippen molar-refractivity contribution in [2.75, 3.05) is 0 Å². The van der Waals surface area contributed by atoms with Crippen LogP contribution in [-0.4, -0.2) is 4.98 Å². The molecule has 1 aromatic carbocycles. The van der Waals surface area contributed by atoms with Gasteiger partial charge < -0.3 is 0 Å². The molecule has 114 valence electrons. The third kappa shape index (κ3) is 3.19. The molecule has 0 unspecified atom stereocenters. The Morgan fingerprint density at radius 1 is 0.909 bits per heavy atom. The first-order valence-electron chi connectivity index (χ1n) is 5.78. The molecule has 0 aliphatic heterocycles. The van der Waals surface area contributed by atoms with Crippen molar-refractivity contribution in [2.45, 2.75) is 12.4 Å². The topological polar surface area (TPSA) is 36.7 Å². The van der Waals surface area contributed by atoms with Crippen molar-refractivity contribution in [3.05, 3.63) is 53.3 Å². The Hall–Kier alpha value is -2.56. The molecule has 2 aromatic rings. The summed E-state index contributed by atoms with van der Waals surface area (Å²) in [6.45, 7) is 0. The van der Waals surface area contributed by atoms with Gasteiger partial charge in [0.05, 0.1) is 17.2 Å². The molecule has 0 radical (unpaired) electrons. The molecule has 0 saturated heterocycles. The Morgan fingerprint density at radius 3 is 2.05 bits per heavy atom. The van der Waals surface area contributed by atoms with Crippen LogP contribution in [0.15, 0.2) is 36.5 Å². The predicted molar refractivity (Wildman–Crippen MR) is 64.4 cm³/mol. The number of hydrogen-bond donors (Lipinski definition) is 0. The zero-order valence-corrected chi connectivity index (χ0v) is 10.6. The van der Waals surface area contributed by atoms with Crippen LogP contribution in [0.4, 0.5) is 26.3 Å². The normalized spacial score (nSPS) is 12.0. The Bertz CT molecular complexity index is 723. The minimum absolute atomic E-state index is 0.0803. The fourth-order valence-electron chi connectivity index (χ4n) is 1.79. The van der Waals surface area contributed by atoms with Crippen molar-refractivity contribution in [1.29, 1.82) is 5.26 Å². The maximum absolute atomic E-state index is 12.6. The first kappa shape index (κ1) is 15.8. The van der Waals surface area contributed by atoms with E-state index in [1.807, 2.05) is 0 Å². The highest BCUT2D eigenvalue weighted by Crippen LogP contribution is 2.34. The van der Waals surface area contributed by atoms with Gasteiger partial charge in [-0.05, 0) is 18.2 Å². The van der Waals surface area contributed by atoms with Crippen molar-refractivity contribution in [1.82, 2.24) is 4.98 Å². The van der Waals surface area contributed by atoms with E-state index in [0.717, 1.165) is 24.4 Å². The monoisotopic (exact) mass is 316 g/mol. The fourth-order valence-corrected chi connectivity index (χ4v) is 1.79. The molecule has 0 atom stereocenters. The summed E-state index contributed by atoms with van der Waals surface area (Å²) >= 11 is 0. The van der Waals surface area contributed by atoms with Crippen LogP contribution in [0, 0.1) is 11.3 Å². The van der Waals surface area contributed by atoms with Crippen LogP contribution in [0.25, 0.3) is 11.1 Å². The van der Waals surface area contributed by atoms with Crippen LogP contribution in [0.5, 0.6) is 0 Å². The third-order valence-electron chi connectivity index (χ3n) is 2.83. The molecule has 0 aliphatic rings. The van der Waals surface area contributed by atoms with Gasteiger partial charge in [0, 0.05) is 17.3 Å². The Balaban J connectivity index is 2.47. The number of aromatic nitrogens is 1. The molecule has 0 saturated carbocycles. The molecule has 0 N–H and O–H groups in total. The molecular weight excluding hydrogens is 310 g/mol. The van der Waals surface area contributed by atoms with E-state index in [4.69, 9.17) is 5.26 Å². The number of pyridine rings is 1. The van der Waals surface area contributed by atoms with Gasteiger partial charge in [0.15, 0.2) is 0 Å². The second kappa shape index (κ2) is 5.33. The highest BCUT2D eigenvalue weighted by atomic mass is 19.4. The molecule has 2 nitrogen and oxygen atoms in total. The lowest BCUT2D eigenvalue weighted by Gasteiger charge is -2.11. The average Bonchev–Trinajstić information content (AvgIpc) is 2.45. The maximum Gasteiger partial charge on any atom is 0.433 e. The van der Waals surface area contributed by atoms with Crippen molar-refractivity contribution >= 4 is 0 Å². The molecule has 0 fully saturated rings. The van der Waals surface area contributed by atoms with Crippen LogP contribution in [0.3, 0.4) is 0 Å². The molecule has 2 rings (SSSR count). The molecule has 1 heterocycles. The van der Waals surface area contributed by atoms with E-state index in [1.165, 1.54) is 0 Å². The molecule has 8 heteroatoms. The zero-order valence-electron chi connectivity index (χ0n) is 10.6. The van der Waals surface area contributed by atoms with Crippen molar-refractivity contribution in [3.63, 3.8) is 0 Å². The van der Waals surface area contributed by atoms with Gasteiger partial charge in [0.2, 0.25) is 0 Å². The lowest BCUT2D eigenvalue weighted by molar-refractivity contribution is -0.141. The molecule has 0 spiro atoms. The molecule has 0 bridgehead atoms. The predicted octanol–water partition coefficient (Wildman–Crippen LogP) is 4.66. The third-order valence-corrected chi connectivity index (χ3v) is 2.83. The van der Waals surface area contributed by atoms with E-state index in [9.17, 15) is 26.3 Å². The zero-order chi connectivity index (χ0) is 16.5. The van der Waals surface area contributed by atoms with Gasteiger partial charge in [-0.1, -0.05) is 12.1 Å². The van der Waals surface area contributed by atoms with E-state index in [1.54, 1.807) is 6.07 Å². The van der Waals surface area contributed by atoms with Crippen LogP contribution >= 0.6 is 0 Å². The van der Waals surface area contributed by atoms with Crippen LogP contribution in [0.1, 0.15) is 16.8 Å². The van der Waals surface area contributed by atoms with E-state index in [-0.39, 0.29) is 16.7 Å². The van der Waals surface area contributed by atoms with E-state index >= 15 is 0 Å². The van der Waals surface area contributed by atoms with Crippen molar-refractivity contribution in [3.8, 4) is 17.2 Å². The average molecular weight is 316 g/mol. The highest BCUT2D eigenvalue weighted by Gasteiger charge is 2.33. The molecule has 0 amide bonds. The van der Waals surface area contributed by atoms with Gasteiger partial charge in [0.1, 0.15) is 5.69 Å². The summed E-state index contributed by atoms with van der Waals surface area (Å²) in [5.41, 5.74) is -2.22. The highest BCUT2D eigenvalue weighted by molar-refractivity contribution is 5.70. The van der Waals surface area contributed by atoms with Gasteiger partial charge >= 0.3 is 12.4 Å². The Kier molecular flexibility index (Phi) is 3.83. The number of hydrogen-bond acceptors (Lipinski definition) is 2. The smallest absolute Gasteiger partial charge is 0.251 e.